The Balaban J connectivity index is 1.06. The topological polar surface area (TPSA) is 136 Å². The number of aromatic nitrogens is 2. The molecule has 3 amide bonds. The Labute approximate surface area is 267 Å². The summed E-state index contributed by atoms with van der Waals surface area (Å²) in [7, 11) is 0. The van der Waals surface area contributed by atoms with E-state index in [9.17, 15) is 14.9 Å². The van der Waals surface area contributed by atoms with Gasteiger partial charge in [0.15, 0.2) is 0 Å². The number of anilines is 3. The number of imide groups is 1. The number of hydrogen-bond acceptors (Lipinski definition) is 9. The largest absolute Gasteiger partial charge is 0.381 e. The smallest absolute Gasteiger partial charge is 0.328 e. The van der Waals surface area contributed by atoms with E-state index >= 15 is 0 Å². The van der Waals surface area contributed by atoms with E-state index in [2.05, 4.69) is 31.9 Å². The van der Waals surface area contributed by atoms with Crippen molar-refractivity contribution in [2.24, 2.45) is 5.41 Å². The molecule has 2 aromatic heterocycles. The number of piperidine rings is 1. The minimum absolute atomic E-state index is 0.233. The number of benzene rings is 1. The molecule has 0 saturated carbocycles. The number of nitriles is 1. The van der Waals surface area contributed by atoms with Gasteiger partial charge in [-0.1, -0.05) is 35.9 Å². The van der Waals surface area contributed by atoms with E-state index in [1.807, 2.05) is 48.5 Å². The Morgan fingerprint density at radius 3 is 2.64 bits per heavy atom. The average Bonchev–Trinajstić information content (AvgIpc) is 3.07. The molecule has 3 aliphatic rings. The van der Waals surface area contributed by atoms with Gasteiger partial charge in [0.2, 0.25) is 5.91 Å². The van der Waals surface area contributed by atoms with E-state index in [0.717, 1.165) is 60.8 Å². The number of ether oxygens (including phenoxy) is 1. The van der Waals surface area contributed by atoms with Gasteiger partial charge in [-0.25, -0.2) is 14.8 Å². The van der Waals surface area contributed by atoms with E-state index < -0.39 is 5.41 Å². The predicted octanol–water partition coefficient (Wildman–Crippen LogP) is 5.05. The summed E-state index contributed by atoms with van der Waals surface area (Å²) in [5, 5.41) is 19.7. The van der Waals surface area contributed by atoms with Gasteiger partial charge in [0, 0.05) is 75.8 Å². The number of nitrogens with one attached hydrogen (secondary N) is 3. The van der Waals surface area contributed by atoms with Crippen molar-refractivity contribution in [1.29, 1.82) is 5.26 Å². The van der Waals surface area contributed by atoms with Crippen LogP contribution in [-0.4, -0.2) is 72.2 Å². The van der Waals surface area contributed by atoms with Crippen molar-refractivity contribution in [3.05, 3.63) is 65.3 Å². The number of halogens is 1. The number of amides is 3. The van der Waals surface area contributed by atoms with E-state index in [0.29, 0.717) is 56.4 Å². The second-order valence-corrected chi connectivity index (χ2v) is 12.3. The molecule has 0 spiro atoms. The number of rotatable bonds is 9. The second-order valence-electron chi connectivity index (χ2n) is 11.9. The van der Waals surface area contributed by atoms with Crippen molar-refractivity contribution < 1.29 is 14.3 Å². The summed E-state index contributed by atoms with van der Waals surface area (Å²) < 4.78 is 5.45. The molecule has 0 bridgehead atoms. The highest BCUT2D eigenvalue weighted by atomic mass is 35.5. The van der Waals surface area contributed by atoms with E-state index in [-0.39, 0.29) is 18.0 Å². The molecule has 1 aromatic carbocycles. The van der Waals surface area contributed by atoms with Crippen LogP contribution in [0.2, 0.25) is 5.02 Å². The Morgan fingerprint density at radius 1 is 1.07 bits per heavy atom. The van der Waals surface area contributed by atoms with Gasteiger partial charge in [-0.3, -0.25) is 19.9 Å². The zero-order valence-electron chi connectivity index (χ0n) is 25.1. The molecule has 5 heterocycles. The number of para-hydroxylation sites is 1. The molecule has 12 heteroatoms. The molecule has 0 unspecified atom stereocenters. The first kappa shape index (κ1) is 30.8. The van der Waals surface area contributed by atoms with Gasteiger partial charge in [0.1, 0.15) is 11.6 Å². The third-order valence-corrected chi connectivity index (χ3v) is 9.15. The predicted molar refractivity (Wildman–Crippen MR) is 173 cm³/mol. The highest BCUT2D eigenvalue weighted by Gasteiger charge is 2.33. The SMILES string of the molecule is N#CC1(CNc2cccc(-c3cc(NC4CCN(Cc5ccccc5N5CCC(=O)NC5=O)CC4)ncc3Cl)n2)CCOCC1. The minimum atomic E-state index is -0.453. The van der Waals surface area contributed by atoms with Crippen molar-refractivity contribution in [2.75, 3.05) is 54.9 Å². The number of hydrogen-bond donors (Lipinski definition) is 3. The molecule has 234 valence electrons. The van der Waals surface area contributed by atoms with E-state index in [1.54, 1.807) is 11.1 Å². The summed E-state index contributed by atoms with van der Waals surface area (Å²) in [6.07, 6.45) is 5.23. The first-order valence-corrected chi connectivity index (χ1v) is 15.8. The lowest BCUT2D eigenvalue weighted by Gasteiger charge is -2.34. The fraction of sp³-hybridized carbons (Fsp3) is 0.424. The van der Waals surface area contributed by atoms with Gasteiger partial charge < -0.3 is 15.4 Å². The van der Waals surface area contributed by atoms with Crippen LogP contribution in [0.15, 0.2) is 54.7 Å². The molecule has 0 atom stereocenters. The first-order chi connectivity index (χ1) is 21.9. The number of likely N-dealkylation sites (tertiary alicyclic amines) is 1. The van der Waals surface area contributed by atoms with Gasteiger partial charge in [-0.2, -0.15) is 5.26 Å². The van der Waals surface area contributed by atoms with Crippen molar-refractivity contribution >= 4 is 40.9 Å². The molecule has 3 fully saturated rings. The molecule has 0 aliphatic carbocycles. The maximum Gasteiger partial charge on any atom is 0.328 e. The van der Waals surface area contributed by atoms with E-state index in [1.165, 1.54) is 0 Å². The first-order valence-electron chi connectivity index (χ1n) is 15.5. The maximum atomic E-state index is 12.5. The quantitative estimate of drug-likeness (QED) is 0.297. The van der Waals surface area contributed by atoms with Crippen LogP contribution in [0.4, 0.5) is 22.1 Å². The summed E-state index contributed by atoms with van der Waals surface area (Å²) in [4.78, 5) is 37.5. The van der Waals surface area contributed by atoms with Crippen LogP contribution in [0.5, 0.6) is 0 Å². The summed E-state index contributed by atoms with van der Waals surface area (Å²) in [5.41, 5.74) is 2.98. The highest BCUT2D eigenvalue weighted by molar-refractivity contribution is 6.33. The van der Waals surface area contributed by atoms with Crippen molar-refractivity contribution in [3.8, 4) is 17.3 Å². The summed E-state index contributed by atoms with van der Waals surface area (Å²) in [5.74, 6) is 1.21. The van der Waals surface area contributed by atoms with Crippen LogP contribution in [-0.2, 0) is 16.1 Å². The number of urea groups is 1. The minimum Gasteiger partial charge on any atom is -0.381 e. The monoisotopic (exact) mass is 628 g/mol. The highest BCUT2D eigenvalue weighted by Crippen LogP contribution is 2.32. The van der Waals surface area contributed by atoms with Crippen molar-refractivity contribution in [3.63, 3.8) is 0 Å². The normalized spacial score (nSPS) is 19.1. The lowest BCUT2D eigenvalue weighted by molar-refractivity contribution is -0.120. The average molecular weight is 629 g/mol. The fourth-order valence-corrected chi connectivity index (χ4v) is 6.33. The Kier molecular flexibility index (Phi) is 9.45. The molecule has 6 rings (SSSR count). The van der Waals surface area contributed by atoms with Crippen LogP contribution in [0, 0.1) is 16.7 Å². The molecule has 11 nitrogen and oxygen atoms in total. The lowest BCUT2D eigenvalue weighted by Crippen LogP contribution is -2.50. The van der Waals surface area contributed by atoms with Crippen LogP contribution in [0.1, 0.15) is 37.7 Å². The number of nitrogens with zero attached hydrogens (tertiary/aromatic N) is 5. The standard InChI is InChI=1S/C33H37ClN8O3/c34-26-19-36-30(18-25(26)27-5-3-7-29(39-27)37-22-33(21-35)11-16-45-17-12-33)38-24-8-13-41(14-9-24)20-23-4-1-2-6-28(23)42-15-10-31(43)40-32(42)44/h1-7,18-19,24H,8-17,20,22H2,(H,36,38)(H,37,39)(H,40,43,44). The Morgan fingerprint density at radius 2 is 1.87 bits per heavy atom. The van der Waals surface area contributed by atoms with E-state index in [4.69, 9.17) is 21.3 Å². The maximum absolute atomic E-state index is 12.5. The number of pyridine rings is 2. The van der Waals surface area contributed by atoms with Gasteiger partial charge in [0.05, 0.1) is 22.2 Å². The van der Waals surface area contributed by atoms with Gasteiger partial charge >= 0.3 is 6.03 Å². The fourth-order valence-electron chi connectivity index (χ4n) is 6.13. The second kappa shape index (κ2) is 13.8. The third-order valence-electron chi connectivity index (χ3n) is 8.85. The third kappa shape index (κ3) is 7.36. The van der Waals surface area contributed by atoms with Crippen LogP contribution >= 0.6 is 11.6 Å². The molecule has 3 aromatic rings. The van der Waals surface area contributed by atoms with Gasteiger partial charge in [-0.15, -0.1) is 0 Å². The van der Waals surface area contributed by atoms with Gasteiger partial charge in [0.25, 0.3) is 0 Å². The van der Waals surface area contributed by atoms with Crippen LogP contribution in [0.25, 0.3) is 11.3 Å². The summed E-state index contributed by atoms with van der Waals surface area (Å²) >= 11 is 6.59. The summed E-state index contributed by atoms with van der Waals surface area (Å²) in [6, 6.07) is 18.0. The molecule has 3 saturated heterocycles. The van der Waals surface area contributed by atoms with Crippen LogP contribution in [0.3, 0.4) is 0 Å². The zero-order chi connectivity index (χ0) is 31.2. The van der Waals surface area contributed by atoms with Gasteiger partial charge in [-0.05, 0) is 55.5 Å². The summed E-state index contributed by atoms with van der Waals surface area (Å²) in [6.45, 7) is 4.60. The molecule has 0 radical (unpaired) electrons. The molecular weight excluding hydrogens is 592 g/mol. The lowest BCUT2D eigenvalue weighted by atomic mass is 9.82. The van der Waals surface area contributed by atoms with Crippen molar-refractivity contribution in [1.82, 2.24) is 20.2 Å². The molecule has 45 heavy (non-hydrogen) atoms. The number of carbonyl (C=O) groups is 2. The zero-order valence-corrected chi connectivity index (χ0v) is 25.9. The molecular formula is C33H37ClN8O3. The number of carbonyl (C=O) groups excluding carboxylic acids is 2. The van der Waals surface area contributed by atoms with Crippen molar-refractivity contribution in [2.45, 2.75) is 44.7 Å². The Bertz CT molecular complexity index is 1580. The molecule has 3 aliphatic heterocycles. The van der Waals surface area contributed by atoms with Crippen LogP contribution < -0.4 is 20.9 Å². The Hall–Kier alpha value is -4.24. The molecule has 3 N–H and O–H groups in total.